The van der Waals surface area contributed by atoms with Crippen LogP contribution in [-0.2, 0) is 16.8 Å². The number of nitrogens with zero attached hydrogens (tertiary/aromatic N) is 1. The molecule has 1 aliphatic rings. The van der Waals surface area contributed by atoms with Crippen LogP contribution in [0, 0.1) is 0 Å². The van der Waals surface area contributed by atoms with Gasteiger partial charge in [-0.15, -0.1) is 0 Å². The van der Waals surface area contributed by atoms with Crippen molar-refractivity contribution in [2.24, 2.45) is 0 Å². The second-order valence-electron chi connectivity index (χ2n) is 8.34. The monoisotopic (exact) mass is 366 g/mol. The third-order valence-corrected chi connectivity index (χ3v) is 5.03. The van der Waals surface area contributed by atoms with E-state index in [1.807, 2.05) is 45.0 Å². The lowest BCUT2D eigenvalue weighted by molar-refractivity contribution is 0.0374. The van der Waals surface area contributed by atoms with Gasteiger partial charge in [-0.2, -0.15) is 0 Å². The summed E-state index contributed by atoms with van der Waals surface area (Å²) in [6.07, 6.45) is 1.38. The second-order valence-corrected chi connectivity index (χ2v) is 8.34. The number of amides is 1. The van der Waals surface area contributed by atoms with E-state index in [0.29, 0.717) is 0 Å². The van der Waals surface area contributed by atoms with E-state index >= 15 is 0 Å². The fourth-order valence-electron chi connectivity index (χ4n) is 3.68. The summed E-state index contributed by atoms with van der Waals surface area (Å²) >= 11 is 0. The van der Waals surface area contributed by atoms with Crippen LogP contribution in [0.4, 0.5) is 4.79 Å². The quantitative estimate of drug-likeness (QED) is 0.852. The molecule has 1 aliphatic heterocycles. The number of carbonyl (C=O) groups is 1. The molecule has 2 aromatic carbocycles. The highest BCUT2D eigenvalue weighted by Gasteiger charge is 2.38. The standard InChI is InChI=1S/C23H30N2O2/c1-22(2,3)27-21(26)24-23(20-12-8-5-9-13-20)14-16-25(17-15-23)18-19-10-6-4-7-11-19/h4-13H,14-18H2,1-3H3,(H,24,26). The number of alkyl carbamates (subject to hydrolysis) is 1. The lowest BCUT2D eigenvalue weighted by Gasteiger charge is -2.43. The summed E-state index contributed by atoms with van der Waals surface area (Å²) in [7, 11) is 0. The molecule has 144 valence electrons. The molecular formula is C23H30N2O2. The van der Waals surface area contributed by atoms with Crippen LogP contribution < -0.4 is 5.32 Å². The number of benzene rings is 2. The average Bonchev–Trinajstić information content (AvgIpc) is 2.63. The zero-order chi connectivity index (χ0) is 19.3. The molecule has 1 amide bonds. The van der Waals surface area contributed by atoms with E-state index in [2.05, 4.69) is 46.6 Å². The minimum Gasteiger partial charge on any atom is -0.444 e. The lowest BCUT2D eigenvalue weighted by Crippen LogP contribution is -2.53. The molecule has 0 bridgehead atoms. The molecule has 0 aliphatic carbocycles. The molecule has 4 heteroatoms. The van der Waals surface area contributed by atoms with Crippen LogP contribution in [0.2, 0.25) is 0 Å². The Kier molecular flexibility index (Phi) is 5.85. The van der Waals surface area contributed by atoms with Crippen molar-refractivity contribution in [3.05, 3.63) is 71.8 Å². The van der Waals surface area contributed by atoms with Gasteiger partial charge in [-0.1, -0.05) is 60.7 Å². The van der Waals surface area contributed by atoms with E-state index in [0.717, 1.165) is 38.0 Å². The predicted molar refractivity (Wildman–Crippen MR) is 108 cm³/mol. The number of carbonyl (C=O) groups excluding carboxylic acids is 1. The second kappa shape index (κ2) is 8.13. The Bertz CT molecular complexity index is 730. The van der Waals surface area contributed by atoms with Gasteiger partial charge in [-0.3, -0.25) is 4.90 Å². The topological polar surface area (TPSA) is 41.6 Å². The average molecular weight is 367 g/mol. The highest BCUT2D eigenvalue weighted by molar-refractivity contribution is 5.69. The molecule has 3 rings (SSSR count). The molecule has 1 saturated heterocycles. The zero-order valence-corrected chi connectivity index (χ0v) is 16.6. The van der Waals surface area contributed by atoms with Crippen molar-refractivity contribution in [1.29, 1.82) is 0 Å². The number of ether oxygens (including phenoxy) is 1. The normalized spacial score (nSPS) is 17.3. The van der Waals surface area contributed by atoms with Crippen molar-refractivity contribution in [3.8, 4) is 0 Å². The van der Waals surface area contributed by atoms with Crippen LogP contribution in [0.5, 0.6) is 0 Å². The zero-order valence-electron chi connectivity index (χ0n) is 16.6. The van der Waals surface area contributed by atoms with E-state index in [9.17, 15) is 4.79 Å². The van der Waals surface area contributed by atoms with Crippen molar-refractivity contribution in [2.75, 3.05) is 13.1 Å². The molecule has 27 heavy (non-hydrogen) atoms. The van der Waals surface area contributed by atoms with Gasteiger partial charge in [0, 0.05) is 19.6 Å². The van der Waals surface area contributed by atoms with Crippen LogP contribution in [-0.4, -0.2) is 29.7 Å². The molecule has 1 heterocycles. The van der Waals surface area contributed by atoms with Crippen molar-refractivity contribution in [3.63, 3.8) is 0 Å². The number of nitrogens with one attached hydrogen (secondary N) is 1. The molecule has 0 unspecified atom stereocenters. The summed E-state index contributed by atoms with van der Waals surface area (Å²) in [5.74, 6) is 0. The summed E-state index contributed by atoms with van der Waals surface area (Å²) in [5, 5.41) is 3.20. The Hall–Kier alpha value is -2.33. The van der Waals surface area contributed by atoms with Crippen molar-refractivity contribution < 1.29 is 9.53 Å². The number of piperidine rings is 1. The molecule has 2 aromatic rings. The molecule has 0 saturated carbocycles. The molecule has 0 aromatic heterocycles. The third-order valence-electron chi connectivity index (χ3n) is 5.03. The summed E-state index contributed by atoms with van der Waals surface area (Å²) in [5.41, 5.74) is 1.59. The summed E-state index contributed by atoms with van der Waals surface area (Å²) in [6, 6.07) is 20.8. The van der Waals surface area contributed by atoms with Crippen molar-refractivity contribution in [1.82, 2.24) is 10.2 Å². The van der Waals surface area contributed by atoms with Gasteiger partial charge >= 0.3 is 6.09 Å². The van der Waals surface area contributed by atoms with Gasteiger partial charge in [-0.05, 0) is 44.7 Å². The van der Waals surface area contributed by atoms with E-state index in [-0.39, 0.29) is 11.6 Å². The van der Waals surface area contributed by atoms with Gasteiger partial charge < -0.3 is 10.1 Å². The van der Waals surface area contributed by atoms with Crippen LogP contribution >= 0.6 is 0 Å². The van der Waals surface area contributed by atoms with Gasteiger partial charge in [0.1, 0.15) is 5.60 Å². The maximum absolute atomic E-state index is 12.5. The molecule has 4 nitrogen and oxygen atoms in total. The number of hydrogen-bond acceptors (Lipinski definition) is 3. The Morgan fingerprint density at radius 1 is 1.00 bits per heavy atom. The number of likely N-dealkylation sites (tertiary alicyclic amines) is 1. The first kappa shape index (κ1) is 19.4. The van der Waals surface area contributed by atoms with Gasteiger partial charge in [0.25, 0.3) is 0 Å². The SMILES string of the molecule is CC(C)(C)OC(=O)NC1(c2ccccc2)CCN(Cc2ccccc2)CC1. The molecule has 0 spiro atoms. The lowest BCUT2D eigenvalue weighted by atomic mass is 9.81. The first-order valence-electron chi connectivity index (χ1n) is 9.69. The molecule has 1 fully saturated rings. The maximum atomic E-state index is 12.5. The maximum Gasteiger partial charge on any atom is 0.408 e. The van der Waals surface area contributed by atoms with Gasteiger partial charge in [0.2, 0.25) is 0 Å². The highest BCUT2D eigenvalue weighted by Crippen LogP contribution is 2.34. The molecular weight excluding hydrogens is 336 g/mol. The number of rotatable bonds is 4. The van der Waals surface area contributed by atoms with Crippen LogP contribution in [0.25, 0.3) is 0 Å². The van der Waals surface area contributed by atoms with E-state index < -0.39 is 5.60 Å². The fraction of sp³-hybridized carbons (Fsp3) is 0.435. The number of hydrogen-bond donors (Lipinski definition) is 1. The summed E-state index contributed by atoms with van der Waals surface area (Å²) in [4.78, 5) is 15.0. The molecule has 0 atom stereocenters. The van der Waals surface area contributed by atoms with Crippen molar-refractivity contribution >= 4 is 6.09 Å². The molecule has 0 radical (unpaired) electrons. The van der Waals surface area contributed by atoms with Crippen LogP contribution in [0.15, 0.2) is 60.7 Å². The molecule has 1 N–H and O–H groups in total. The highest BCUT2D eigenvalue weighted by atomic mass is 16.6. The van der Waals surface area contributed by atoms with Gasteiger partial charge in [0.15, 0.2) is 0 Å². The minimum absolute atomic E-state index is 0.345. The van der Waals surface area contributed by atoms with Crippen LogP contribution in [0.3, 0.4) is 0 Å². The van der Waals surface area contributed by atoms with E-state index in [1.54, 1.807) is 0 Å². The van der Waals surface area contributed by atoms with Gasteiger partial charge in [0.05, 0.1) is 5.54 Å². The summed E-state index contributed by atoms with van der Waals surface area (Å²) in [6.45, 7) is 8.48. The Balaban J connectivity index is 1.72. The Morgan fingerprint density at radius 2 is 1.56 bits per heavy atom. The van der Waals surface area contributed by atoms with E-state index in [4.69, 9.17) is 4.74 Å². The minimum atomic E-state index is -0.504. The largest absolute Gasteiger partial charge is 0.444 e. The van der Waals surface area contributed by atoms with Crippen molar-refractivity contribution in [2.45, 2.75) is 51.3 Å². The van der Waals surface area contributed by atoms with Crippen LogP contribution in [0.1, 0.15) is 44.7 Å². The fourth-order valence-corrected chi connectivity index (χ4v) is 3.68. The predicted octanol–water partition coefficient (Wildman–Crippen LogP) is 4.70. The van der Waals surface area contributed by atoms with Gasteiger partial charge in [-0.25, -0.2) is 4.79 Å². The third kappa shape index (κ3) is 5.33. The Morgan fingerprint density at radius 3 is 2.11 bits per heavy atom. The van der Waals surface area contributed by atoms with E-state index in [1.165, 1.54) is 5.56 Å². The summed E-state index contributed by atoms with van der Waals surface area (Å²) < 4.78 is 5.55. The smallest absolute Gasteiger partial charge is 0.408 e. The first-order chi connectivity index (χ1) is 12.9. The Labute approximate surface area is 162 Å². The first-order valence-corrected chi connectivity index (χ1v) is 9.69.